The van der Waals surface area contributed by atoms with Crippen molar-refractivity contribution in [2.75, 3.05) is 12.8 Å². The van der Waals surface area contributed by atoms with Gasteiger partial charge in [-0.05, 0) is 6.92 Å². The lowest BCUT2D eigenvalue weighted by molar-refractivity contribution is -0.140. The predicted octanol–water partition coefficient (Wildman–Crippen LogP) is 0.575. The minimum Gasteiger partial charge on any atom is -0.481 e. The summed E-state index contributed by atoms with van der Waals surface area (Å²) in [6, 6.07) is 0. The quantitative estimate of drug-likeness (QED) is 0.689. The number of hydrogen-bond acceptors (Lipinski definition) is 3. The molecule has 76 valence electrons. The van der Waals surface area contributed by atoms with E-state index < -0.39 is 11.9 Å². The molecular formula is C8H15NO3S. The molecule has 5 heteroatoms. The molecule has 13 heavy (non-hydrogen) atoms. The van der Waals surface area contributed by atoms with Crippen LogP contribution in [0.15, 0.2) is 0 Å². The summed E-state index contributed by atoms with van der Waals surface area (Å²) in [4.78, 5) is 21.5. The van der Waals surface area contributed by atoms with E-state index in [2.05, 4.69) is 5.32 Å². The van der Waals surface area contributed by atoms with Gasteiger partial charge in [-0.15, -0.1) is 11.8 Å². The van der Waals surface area contributed by atoms with E-state index in [1.165, 1.54) is 11.8 Å². The molecule has 4 nitrogen and oxygen atoms in total. The third-order valence-electron chi connectivity index (χ3n) is 1.63. The number of carboxylic acid groups (broad SMARTS) is 1. The number of carbonyl (C=O) groups is 2. The maximum Gasteiger partial charge on any atom is 0.307 e. The summed E-state index contributed by atoms with van der Waals surface area (Å²) >= 11 is 1.35. The Kier molecular flexibility index (Phi) is 5.53. The van der Waals surface area contributed by atoms with E-state index in [0.717, 1.165) is 0 Å². The van der Waals surface area contributed by atoms with Gasteiger partial charge in [0.15, 0.2) is 0 Å². The molecule has 0 aromatic heterocycles. The molecule has 2 atom stereocenters. The summed E-state index contributed by atoms with van der Waals surface area (Å²) in [6.45, 7) is 3.39. The summed E-state index contributed by atoms with van der Waals surface area (Å²) in [6.07, 6.45) is 0. The first-order valence-electron chi connectivity index (χ1n) is 4.05. The van der Waals surface area contributed by atoms with Crippen molar-refractivity contribution in [2.24, 2.45) is 5.92 Å². The molecule has 0 aromatic rings. The molecule has 1 amide bonds. The highest BCUT2D eigenvalue weighted by Gasteiger charge is 2.16. The van der Waals surface area contributed by atoms with Crippen LogP contribution in [-0.4, -0.2) is 35.0 Å². The Morgan fingerprint density at radius 2 is 2.00 bits per heavy atom. The van der Waals surface area contributed by atoms with E-state index in [1.54, 1.807) is 20.9 Å². The average molecular weight is 205 g/mol. The Bertz CT molecular complexity index is 196. The summed E-state index contributed by atoms with van der Waals surface area (Å²) in [5.41, 5.74) is 0. The number of rotatable bonds is 5. The molecule has 0 aromatic carbocycles. The van der Waals surface area contributed by atoms with Gasteiger partial charge in [0.25, 0.3) is 0 Å². The van der Waals surface area contributed by atoms with Crippen LogP contribution >= 0.6 is 11.8 Å². The molecular weight excluding hydrogens is 190 g/mol. The summed E-state index contributed by atoms with van der Waals surface area (Å²) in [7, 11) is 1.57. The molecule has 0 aliphatic heterocycles. The standard InChI is InChI=1S/C8H15NO3S/c1-5(8(11)12)4-13-6(2)7(10)9-3/h5-6H,4H2,1-3H3,(H,9,10)(H,11,12). The van der Waals surface area contributed by atoms with Gasteiger partial charge in [0.05, 0.1) is 11.2 Å². The first-order valence-corrected chi connectivity index (χ1v) is 5.10. The number of carboxylic acids is 1. The zero-order chi connectivity index (χ0) is 10.4. The molecule has 0 bridgehead atoms. The van der Waals surface area contributed by atoms with Crippen LogP contribution in [0, 0.1) is 5.92 Å². The minimum atomic E-state index is -0.823. The van der Waals surface area contributed by atoms with Crippen LogP contribution < -0.4 is 5.32 Å². The molecule has 0 saturated heterocycles. The normalized spacial score (nSPS) is 14.7. The van der Waals surface area contributed by atoms with E-state index in [1.807, 2.05) is 0 Å². The molecule has 0 spiro atoms. The fourth-order valence-corrected chi connectivity index (χ4v) is 1.63. The van der Waals surface area contributed by atoms with Gasteiger partial charge < -0.3 is 10.4 Å². The molecule has 2 N–H and O–H groups in total. The Labute approximate surface area is 82.1 Å². The van der Waals surface area contributed by atoms with Crippen molar-refractivity contribution >= 4 is 23.6 Å². The lowest BCUT2D eigenvalue weighted by Crippen LogP contribution is -2.28. The van der Waals surface area contributed by atoms with Crippen LogP contribution in [0.1, 0.15) is 13.8 Å². The monoisotopic (exact) mass is 205 g/mol. The van der Waals surface area contributed by atoms with Gasteiger partial charge >= 0.3 is 5.97 Å². The molecule has 0 rings (SSSR count). The van der Waals surface area contributed by atoms with Gasteiger partial charge in [-0.2, -0.15) is 0 Å². The van der Waals surface area contributed by atoms with Gasteiger partial charge in [-0.1, -0.05) is 6.92 Å². The number of nitrogens with one attached hydrogen (secondary N) is 1. The molecule has 0 aliphatic carbocycles. The van der Waals surface area contributed by atoms with Crippen molar-refractivity contribution in [1.82, 2.24) is 5.32 Å². The Hall–Kier alpha value is -0.710. The zero-order valence-corrected chi connectivity index (χ0v) is 8.85. The van der Waals surface area contributed by atoms with Crippen LogP contribution in [0.25, 0.3) is 0 Å². The molecule has 2 unspecified atom stereocenters. The second kappa shape index (κ2) is 5.85. The van der Waals surface area contributed by atoms with Crippen LogP contribution in [0.2, 0.25) is 0 Å². The number of aliphatic carboxylic acids is 1. The summed E-state index contributed by atoms with van der Waals surface area (Å²) in [5, 5.41) is 10.9. The number of thioether (sulfide) groups is 1. The van der Waals surface area contributed by atoms with Gasteiger partial charge in [0.1, 0.15) is 0 Å². The van der Waals surface area contributed by atoms with E-state index in [4.69, 9.17) is 5.11 Å². The summed E-state index contributed by atoms with van der Waals surface area (Å²) < 4.78 is 0. The minimum absolute atomic E-state index is 0.0670. The highest BCUT2D eigenvalue weighted by molar-refractivity contribution is 8.00. The Morgan fingerprint density at radius 1 is 1.46 bits per heavy atom. The second-order valence-electron chi connectivity index (χ2n) is 2.83. The third-order valence-corrected chi connectivity index (χ3v) is 3.04. The SMILES string of the molecule is CNC(=O)C(C)SCC(C)C(=O)O. The van der Waals surface area contributed by atoms with Gasteiger partial charge in [0.2, 0.25) is 5.91 Å². The van der Waals surface area contributed by atoms with Crippen molar-refractivity contribution in [3.05, 3.63) is 0 Å². The van der Waals surface area contributed by atoms with Crippen molar-refractivity contribution < 1.29 is 14.7 Å². The first kappa shape index (κ1) is 12.3. The second-order valence-corrected chi connectivity index (χ2v) is 4.20. The van der Waals surface area contributed by atoms with Gasteiger partial charge in [-0.25, -0.2) is 0 Å². The highest BCUT2D eigenvalue weighted by atomic mass is 32.2. The van der Waals surface area contributed by atoms with Crippen molar-refractivity contribution in [2.45, 2.75) is 19.1 Å². The van der Waals surface area contributed by atoms with Crippen LogP contribution in [-0.2, 0) is 9.59 Å². The molecule has 0 fully saturated rings. The molecule has 0 aliphatic rings. The topological polar surface area (TPSA) is 66.4 Å². The van der Waals surface area contributed by atoms with Crippen LogP contribution in [0.4, 0.5) is 0 Å². The van der Waals surface area contributed by atoms with Crippen molar-refractivity contribution in [1.29, 1.82) is 0 Å². The molecule has 0 heterocycles. The largest absolute Gasteiger partial charge is 0.481 e. The lowest BCUT2D eigenvalue weighted by Gasteiger charge is -2.11. The van der Waals surface area contributed by atoms with E-state index in [9.17, 15) is 9.59 Å². The molecule has 0 saturated carbocycles. The zero-order valence-electron chi connectivity index (χ0n) is 8.03. The fourth-order valence-electron chi connectivity index (χ4n) is 0.639. The van der Waals surface area contributed by atoms with E-state index in [0.29, 0.717) is 5.75 Å². The number of carbonyl (C=O) groups excluding carboxylic acids is 1. The predicted molar refractivity (Wildman–Crippen MR) is 52.8 cm³/mol. The molecule has 0 radical (unpaired) electrons. The third kappa shape index (κ3) is 4.77. The maximum atomic E-state index is 11.0. The van der Waals surface area contributed by atoms with Gasteiger partial charge in [0, 0.05) is 12.8 Å². The van der Waals surface area contributed by atoms with E-state index in [-0.39, 0.29) is 11.2 Å². The van der Waals surface area contributed by atoms with Gasteiger partial charge in [-0.3, -0.25) is 9.59 Å². The number of amides is 1. The maximum absolute atomic E-state index is 11.0. The highest BCUT2D eigenvalue weighted by Crippen LogP contribution is 2.14. The van der Waals surface area contributed by atoms with Crippen LogP contribution in [0.3, 0.4) is 0 Å². The van der Waals surface area contributed by atoms with Crippen molar-refractivity contribution in [3.8, 4) is 0 Å². The lowest BCUT2D eigenvalue weighted by atomic mass is 10.2. The smallest absolute Gasteiger partial charge is 0.307 e. The Balaban J connectivity index is 3.76. The average Bonchev–Trinajstić information content (AvgIpc) is 2.11. The Morgan fingerprint density at radius 3 is 2.38 bits per heavy atom. The first-order chi connectivity index (χ1) is 5.99. The van der Waals surface area contributed by atoms with Crippen LogP contribution in [0.5, 0.6) is 0 Å². The number of hydrogen-bond donors (Lipinski definition) is 2. The summed E-state index contributed by atoms with van der Waals surface area (Å²) in [5.74, 6) is -0.833. The van der Waals surface area contributed by atoms with E-state index >= 15 is 0 Å². The fraction of sp³-hybridized carbons (Fsp3) is 0.750. The van der Waals surface area contributed by atoms with Crippen molar-refractivity contribution in [3.63, 3.8) is 0 Å².